The van der Waals surface area contributed by atoms with E-state index >= 15 is 0 Å². The summed E-state index contributed by atoms with van der Waals surface area (Å²) in [5, 5.41) is 11.0. The minimum Gasteiger partial charge on any atom is -0.388 e. The van der Waals surface area contributed by atoms with Gasteiger partial charge in [-0.25, -0.2) is 0 Å². The van der Waals surface area contributed by atoms with E-state index in [9.17, 15) is 9.90 Å². The first-order chi connectivity index (χ1) is 17.8. The molecule has 1 aliphatic rings. The van der Waals surface area contributed by atoms with Crippen LogP contribution in [0.1, 0.15) is 73.3 Å². The molecule has 0 spiro atoms. The Balaban J connectivity index is 1.99. The fraction of sp³-hybridized carbons (Fsp3) is 0.409. The molecule has 3 nitrogen and oxygen atoms in total. The SMILES string of the molecule is [2H]c1c([2H])c([2H])c(C(=O)C[C@H]2CCC[C@@H](C[C@@]([2H])(O)c3c([2H])c([2H])c([2H])c([2H])c3[2H])N2C([2H])([2H])[2H])c([2H])c1[2H]. The van der Waals surface area contributed by atoms with Crippen molar-refractivity contribution in [1.29, 1.82) is 0 Å². The fourth-order valence-electron chi connectivity index (χ4n) is 2.99. The van der Waals surface area contributed by atoms with Gasteiger partial charge < -0.3 is 5.11 Å². The van der Waals surface area contributed by atoms with E-state index in [1.165, 1.54) is 0 Å². The van der Waals surface area contributed by atoms with E-state index in [0.29, 0.717) is 6.42 Å². The molecular weight excluding hydrogens is 310 g/mol. The number of ketones is 1. The van der Waals surface area contributed by atoms with Crippen molar-refractivity contribution in [3.05, 3.63) is 71.6 Å². The van der Waals surface area contributed by atoms with Crippen molar-refractivity contribution in [3.8, 4) is 0 Å². The third-order valence-corrected chi connectivity index (χ3v) is 4.28. The number of carbonyl (C=O) groups is 1. The van der Waals surface area contributed by atoms with Crippen LogP contribution in [0.15, 0.2) is 60.4 Å². The van der Waals surface area contributed by atoms with Crippen LogP contribution in [0.5, 0.6) is 0 Å². The Morgan fingerprint density at radius 2 is 1.84 bits per heavy atom. The zero-order valence-corrected chi connectivity index (χ0v) is 13.5. The Kier molecular flexibility index (Phi) is 2.47. The predicted octanol–water partition coefficient (Wildman–Crippen LogP) is 4.24. The van der Waals surface area contributed by atoms with E-state index in [1.807, 2.05) is 0 Å². The van der Waals surface area contributed by atoms with E-state index < -0.39 is 115 Å². The third-order valence-electron chi connectivity index (χ3n) is 4.28. The number of benzene rings is 2. The third kappa shape index (κ3) is 4.56. The summed E-state index contributed by atoms with van der Waals surface area (Å²) in [6.45, 7) is -2.84. The lowest BCUT2D eigenvalue weighted by atomic mass is 9.88. The molecule has 132 valence electrons. The molecule has 1 saturated heterocycles. The predicted molar refractivity (Wildman–Crippen MR) is 101 cm³/mol. The van der Waals surface area contributed by atoms with Crippen LogP contribution in [0, 0.1) is 0 Å². The summed E-state index contributed by atoms with van der Waals surface area (Å²) in [4.78, 5) is 14.1. The molecule has 3 rings (SSSR count). The average molecular weight is 352 g/mol. The lowest BCUT2D eigenvalue weighted by Gasteiger charge is -2.40. The number of aliphatic hydroxyl groups is 1. The Hall–Kier alpha value is -1.97. The monoisotopic (exact) mass is 351 g/mol. The largest absolute Gasteiger partial charge is 0.388 e. The molecule has 0 bridgehead atoms. The van der Waals surface area contributed by atoms with Gasteiger partial charge in [-0.1, -0.05) is 66.8 Å². The minimum absolute atomic E-state index is 0.150. The van der Waals surface area contributed by atoms with Crippen molar-refractivity contribution in [2.24, 2.45) is 0 Å². The van der Waals surface area contributed by atoms with E-state index in [0.717, 1.165) is 4.90 Å². The molecule has 2 aromatic carbocycles. The molecule has 0 amide bonds. The molecule has 1 fully saturated rings. The van der Waals surface area contributed by atoms with Crippen LogP contribution in [-0.2, 0) is 0 Å². The van der Waals surface area contributed by atoms with Crippen LogP contribution in [0.4, 0.5) is 0 Å². The lowest BCUT2D eigenvalue weighted by Crippen LogP contribution is -2.45. The number of piperidine rings is 1. The highest BCUT2D eigenvalue weighted by atomic mass is 16.3. The lowest BCUT2D eigenvalue weighted by molar-refractivity contribution is 0.0549. The van der Waals surface area contributed by atoms with Gasteiger partial charge in [-0.15, -0.1) is 0 Å². The topological polar surface area (TPSA) is 40.5 Å². The van der Waals surface area contributed by atoms with Gasteiger partial charge in [0.25, 0.3) is 0 Å². The number of hydrogen-bond acceptors (Lipinski definition) is 3. The summed E-state index contributed by atoms with van der Waals surface area (Å²) in [6, 6.07) is -9.39. The smallest absolute Gasteiger partial charge is 0.164 e. The molecule has 0 aliphatic carbocycles. The summed E-state index contributed by atoms with van der Waals surface area (Å²) in [5.41, 5.74) is -1.26. The summed E-state index contributed by atoms with van der Waals surface area (Å²) in [6.07, 6.45) is -3.26. The van der Waals surface area contributed by atoms with Crippen molar-refractivity contribution in [2.75, 3.05) is 6.98 Å². The van der Waals surface area contributed by atoms with E-state index in [2.05, 4.69) is 0 Å². The highest BCUT2D eigenvalue weighted by Crippen LogP contribution is 2.30. The Labute approximate surface area is 170 Å². The zero-order chi connectivity index (χ0) is 29.8. The molecule has 1 N–H and O–H groups in total. The fourth-order valence-corrected chi connectivity index (χ4v) is 2.99. The second-order valence-electron chi connectivity index (χ2n) is 5.92. The second-order valence-corrected chi connectivity index (χ2v) is 5.92. The summed E-state index contributed by atoms with van der Waals surface area (Å²) < 4.78 is 112. The van der Waals surface area contributed by atoms with Crippen molar-refractivity contribution >= 4 is 5.78 Å². The second kappa shape index (κ2) is 8.41. The number of carbonyl (C=O) groups excluding carboxylic acids is 1. The van der Waals surface area contributed by atoms with Gasteiger partial charge in [0.2, 0.25) is 0 Å². The number of Topliss-reactive ketones (excluding diaryl/α,β-unsaturated/α-hetero) is 1. The molecule has 25 heavy (non-hydrogen) atoms. The Morgan fingerprint density at radius 3 is 2.52 bits per heavy atom. The van der Waals surface area contributed by atoms with Crippen LogP contribution in [0.2, 0.25) is 0 Å². The summed E-state index contributed by atoms with van der Waals surface area (Å²) in [7, 11) is 0. The first-order valence-electron chi connectivity index (χ1n) is 15.0. The highest BCUT2D eigenvalue weighted by Gasteiger charge is 2.30. The van der Waals surface area contributed by atoms with Crippen LogP contribution in [0.25, 0.3) is 0 Å². The molecule has 0 aromatic heterocycles. The average Bonchev–Trinajstić information content (AvgIpc) is 2.83. The first kappa shape index (κ1) is 7.34. The van der Waals surface area contributed by atoms with Gasteiger partial charge in [-0.2, -0.15) is 0 Å². The standard InChI is InChI=1S/C22H27NO2/c1-23-19(15-21(24)17-9-4-2-5-10-17)13-8-14-20(23)16-22(25)18-11-6-3-7-12-18/h2-7,9-12,19-21,24H,8,13-16H2,1H3/t19-,20+,21+/m0/s1/i1D3,2D,3D,4D,5D,6D,7D,9D,10D,11D,12D,21D. The quantitative estimate of drug-likeness (QED) is 0.792. The van der Waals surface area contributed by atoms with E-state index in [4.69, 9.17) is 19.2 Å². The molecule has 3 heteroatoms. The van der Waals surface area contributed by atoms with Crippen LogP contribution in [0.3, 0.4) is 0 Å². The van der Waals surface area contributed by atoms with Gasteiger partial charge in [0.1, 0.15) is 0 Å². The van der Waals surface area contributed by atoms with Crippen LogP contribution in [-0.4, -0.2) is 34.8 Å². The maximum Gasteiger partial charge on any atom is 0.164 e. The number of likely N-dealkylation sites (tertiary alicyclic amines) is 1. The Morgan fingerprint density at radius 1 is 1.20 bits per heavy atom. The van der Waals surface area contributed by atoms with Gasteiger partial charge >= 0.3 is 0 Å². The molecule has 0 unspecified atom stereocenters. The molecule has 1 aliphatic heterocycles. The van der Waals surface area contributed by atoms with Gasteiger partial charge in [-0.3, -0.25) is 9.69 Å². The molecule has 1 heterocycles. The van der Waals surface area contributed by atoms with Crippen LogP contribution >= 0.6 is 0 Å². The molecular formula is C22H27NO2. The van der Waals surface area contributed by atoms with Crippen molar-refractivity contribution in [1.82, 2.24) is 4.90 Å². The molecule has 0 radical (unpaired) electrons. The number of rotatable bonds is 6. The van der Waals surface area contributed by atoms with Crippen molar-refractivity contribution in [3.63, 3.8) is 0 Å². The highest BCUT2D eigenvalue weighted by molar-refractivity contribution is 5.96. The first-order valence-corrected chi connectivity index (χ1v) is 8.01. The van der Waals surface area contributed by atoms with E-state index in [1.54, 1.807) is 0 Å². The van der Waals surface area contributed by atoms with Crippen molar-refractivity contribution < 1.29 is 29.1 Å². The molecule has 3 atom stereocenters. The number of nitrogens with zero attached hydrogens (tertiary/aromatic N) is 1. The maximum absolute atomic E-state index is 13.2. The summed E-state index contributed by atoms with van der Waals surface area (Å²) >= 11 is 0. The summed E-state index contributed by atoms with van der Waals surface area (Å²) in [5.74, 6) is -0.862. The van der Waals surface area contributed by atoms with Gasteiger partial charge in [0.05, 0.1) is 21.2 Å². The maximum atomic E-state index is 13.2. The Bertz CT molecular complexity index is 1250. The number of hydrogen-bond donors (Lipinski definition) is 1. The normalized spacial score (nSPS) is 32.2. The van der Waals surface area contributed by atoms with E-state index in [-0.39, 0.29) is 12.8 Å². The van der Waals surface area contributed by atoms with Crippen molar-refractivity contribution in [2.45, 2.75) is 50.3 Å². The van der Waals surface area contributed by atoms with Gasteiger partial charge in [0.15, 0.2) is 5.78 Å². The van der Waals surface area contributed by atoms with Crippen LogP contribution < -0.4 is 0 Å². The minimum atomic E-state index is -2.84. The zero-order valence-electron chi connectivity index (χ0n) is 27.5. The molecule has 2 aromatic rings. The molecule has 0 saturated carbocycles. The van der Waals surface area contributed by atoms with Gasteiger partial charge in [0, 0.05) is 28.2 Å². The van der Waals surface area contributed by atoms with Gasteiger partial charge in [-0.05, 0) is 31.8 Å².